The number of carbonyl (C=O) groups excluding carboxylic acids is 1. The van der Waals surface area contributed by atoms with Gasteiger partial charge in [0.2, 0.25) is 0 Å². The van der Waals surface area contributed by atoms with Crippen LogP contribution in [0, 0.1) is 5.82 Å². The van der Waals surface area contributed by atoms with Gasteiger partial charge in [-0.3, -0.25) is 4.79 Å². The van der Waals surface area contributed by atoms with Gasteiger partial charge in [0, 0.05) is 5.69 Å². The molecule has 7 nitrogen and oxygen atoms in total. The Bertz CT molecular complexity index is 837. The van der Waals surface area contributed by atoms with Crippen LogP contribution >= 0.6 is 0 Å². The molecule has 25 heavy (non-hydrogen) atoms. The van der Waals surface area contributed by atoms with E-state index in [1.54, 1.807) is 43.3 Å². The number of tetrazole rings is 1. The van der Waals surface area contributed by atoms with Crippen LogP contribution in [0.15, 0.2) is 54.9 Å². The third-order valence-electron chi connectivity index (χ3n) is 3.52. The van der Waals surface area contributed by atoms with Crippen molar-refractivity contribution in [2.24, 2.45) is 0 Å². The molecule has 1 N–H and O–H groups in total. The number of hydrogen-bond acceptors (Lipinski definition) is 5. The Morgan fingerprint density at radius 2 is 2.00 bits per heavy atom. The van der Waals surface area contributed by atoms with Crippen LogP contribution in [0.25, 0.3) is 5.69 Å². The van der Waals surface area contributed by atoms with Crippen molar-refractivity contribution in [2.75, 3.05) is 5.32 Å². The molecule has 0 saturated carbocycles. The predicted octanol–water partition coefficient (Wildman–Crippen LogP) is 2.60. The molecule has 0 unspecified atom stereocenters. The van der Waals surface area contributed by atoms with E-state index in [1.165, 1.54) is 23.1 Å². The molecule has 3 rings (SSSR count). The highest BCUT2D eigenvalue weighted by Gasteiger charge is 2.20. The van der Waals surface area contributed by atoms with E-state index in [2.05, 4.69) is 20.8 Å². The summed E-state index contributed by atoms with van der Waals surface area (Å²) in [6, 6.07) is 13.0. The molecule has 0 aliphatic heterocycles. The van der Waals surface area contributed by atoms with Crippen molar-refractivity contribution in [3.05, 3.63) is 60.7 Å². The van der Waals surface area contributed by atoms with Crippen LogP contribution in [-0.4, -0.2) is 32.2 Å². The SMILES string of the molecule is CC[C@@H](Oc1ccccc1F)C(=O)Nc1ccc(-n2cnnn2)cc1. The average Bonchev–Trinajstić information content (AvgIpc) is 3.16. The number of halogens is 1. The number of rotatable bonds is 6. The Morgan fingerprint density at radius 1 is 1.24 bits per heavy atom. The number of nitrogens with one attached hydrogen (secondary N) is 1. The van der Waals surface area contributed by atoms with Crippen LogP contribution in [0.3, 0.4) is 0 Å². The first-order chi connectivity index (χ1) is 12.2. The van der Waals surface area contributed by atoms with E-state index < -0.39 is 11.9 Å². The van der Waals surface area contributed by atoms with Gasteiger partial charge >= 0.3 is 0 Å². The van der Waals surface area contributed by atoms with Crippen molar-refractivity contribution < 1.29 is 13.9 Å². The summed E-state index contributed by atoms with van der Waals surface area (Å²) in [5.41, 5.74) is 1.36. The molecule has 1 heterocycles. The fourth-order valence-corrected chi connectivity index (χ4v) is 2.22. The number of aromatic nitrogens is 4. The van der Waals surface area contributed by atoms with E-state index >= 15 is 0 Å². The molecule has 2 aromatic carbocycles. The standard InChI is InChI=1S/C17H16FN5O2/c1-2-15(25-16-6-4-3-5-14(16)18)17(24)20-12-7-9-13(10-8-12)23-11-19-21-22-23/h3-11,15H,2H2,1H3,(H,20,24)/t15-/m1/s1. The second kappa shape index (κ2) is 7.52. The summed E-state index contributed by atoms with van der Waals surface area (Å²) in [6.45, 7) is 1.80. The number of nitrogens with zero attached hydrogens (tertiary/aromatic N) is 4. The maximum Gasteiger partial charge on any atom is 0.265 e. The lowest BCUT2D eigenvalue weighted by Crippen LogP contribution is -2.32. The lowest BCUT2D eigenvalue weighted by atomic mass is 10.2. The van der Waals surface area contributed by atoms with E-state index in [1.807, 2.05) is 0 Å². The summed E-state index contributed by atoms with van der Waals surface area (Å²) >= 11 is 0. The summed E-state index contributed by atoms with van der Waals surface area (Å²) in [7, 11) is 0. The fourth-order valence-electron chi connectivity index (χ4n) is 2.22. The predicted molar refractivity (Wildman–Crippen MR) is 88.9 cm³/mol. The zero-order valence-corrected chi connectivity index (χ0v) is 13.5. The smallest absolute Gasteiger partial charge is 0.265 e. The second-order valence-corrected chi connectivity index (χ2v) is 5.24. The topological polar surface area (TPSA) is 81.9 Å². The van der Waals surface area contributed by atoms with E-state index in [0.717, 1.165) is 5.69 Å². The maximum atomic E-state index is 13.7. The van der Waals surface area contributed by atoms with E-state index in [0.29, 0.717) is 12.1 Å². The van der Waals surface area contributed by atoms with Crippen molar-refractivity contribution in [3.63, 3.8) is 0 Å². The van der Waals surface area contributed by atoms with Gasteiger partial charge in [0.25, 0.3) is 5.91 Å². The molecule has 0 spiro atoms. The van der Waals surface area contributed by atoms with Gasteiger partial charge in [-0.1, -0.05) is 19.1 Å². The lowest BCUT2D eigenvalue weighted by molar-refractivity contribution is -0.122. The molecule has 0 saturated heterocycles. The maximum absolute atomic E-state index is 13.7. The molecule has 0 aliphatic carbocycles. The van der Waals surface area contributed by atoms with Crippen LogP contribution in [-0.2, 0) is 4.79 Å². The first kappa shape index (κ1) is 16.6. The average molecular weight is 341 g/mol. The van der Waals surface area contributed by atoms with Crippen LogP contribution < -0.4 is 10.1 Å². The Kier molecular flexibility index (Phi) is 4.98. The highest BCUT2D eigenvalue weighted by atomic mass is 19.1. The van der Waals surface area contributed by atoms with Crippen LogP contribution in [0.5, 0.6) is 5.75 Å². The van der Waals surface area contributed by atoms with E-state index in [-0.39, 0.29) is 11.7 Å². The number of anilines is 1. The largest absolute Gasteiger partial charge is 0.478 e. The number of ether oxygens (including phenoxy) is 1. The van der Waals surface area contributed by atoms with E-state index in [9.17, 15) is 9.18 Å². The summed E-state index contributed by atoms with van der Waals surface area (Å²) in [6.07, 6.45) is 1.09. The van der Waals surface area contributed by atoms with Crippen molar-refractivity contribution in [2.45, 2.75) is 19.4 Å². The molecular formula is C17H16FN5O2. The van der Waals surface area contributed by atoms with Gasteiger partial charge in [-0.05, 0) is 53.2 Å². The Hall–Kier alpha value is -3.29. The second-order valence-electron chi connectivity index (χ2n) is 5.24. The van der Waals surface area contributed by atoms with Gasteiger partial charge in [-0.15, -0.1) is 5.10 Å². The number of para-hydroxylation sites is 1. The molecule has 0 radical (unpaired) electrons. The summed E-state index contributed by atoms with van der Waals surface area (Å²) in [5, 5.41) is 13.7. The van der Waals surface area contributed by atoms with Crippen LogP contribution in [0.4, 0.5) is 10.1 Å². The van der Waals surface area contributed by atoms with Crippen molar-refractivity contribution in [1.29, 1.82) is 0 Å². The minimum absolute atomic E-state index is 0.0542. The third kappa shape index (κ3) is 3.97. The molecule has 1 aromatic heterocycles. The van der Waals surface area contributed by atoms with Crippen molar-refractivity contribution in [1.82, 2.24) is 20.2 Å². The summed E-state index contributed by atoms with van der Waals surface area (Å²) in [5.74, 6) is -0.793. The highest BCUT2D eigenvalue weighted by Crippen LogP contribution is 2.19. The molecular weight excluding hydrogens is 325 g/mol. The Labute approximate surface area is 143 Å². The van der Waals surface area contributed by atoms with Crippen LogP contribution in [0.2, 0.25) is 0 Å². The molecule has 8 heteroatoms. The molecule has 0 fully saturated rings. The quantitative estimate of drug-likeness (QED) is 0.745. The van der Waals surface area contributed by atoms with Gasteiger partial charge in [-0.25, -0.2) is 9.07 Å². The molecule has 3 aromatic rings. The molecule has 0 bridgehead atoms. The number of hydrogen-bond donors (Lipinski definition) is 1. The zero-order chi connectivity index (χ0) is 17.6. The summed E-state index contributed by atoms with van der Waals surface area (Å²) < 4.78 is 20.7. The normalized spacial score (nSPS) is 11.8. The van der Waals surface area contributed by atoms with Gasteiger partial charge in [0.05, 0.1) is 5.69 Å². The van der Waals surface area contributed by atoms with Crippen LogP contribution in [0.1, 0.15) is 13.3 Å². The summed E-state index contributed by atoms with van der Waals surface area (Å²) in [4.78, 5) is 12.4. The molecule has 128 valence electrons. The van der Waals surface area contributed by atoms with Crippen molar-refractivity contribution in [3.8, 4) is 11.4 Å². The minimum atomic E-state index is -0.795. The minimum Gasteiger partial charge on any atom is -0.478 e. The molecule has 0 aliphatic rings. The fraction of sp³-hybridized carbons (Fsp3) is 0.176. The number of amides is 1. The first-order valence-corrected chi connectivity index (χ1v) is 7.73. The Balaban J connectivity index is 1.66. The monoisotopic (exact) mass is 341 g/mol. The molecule has 1 amide bonds. The first-order valence-electron chi connectivity index (χ1n) is 7.73. The van der Waals surface area contributed by atoms with E-state index in [4.69, 9.17) is 4.74 Å². The zero-order valence-electron chi connectivity index (χ0n) is 13.5. The lowest BCUT2D eigenvalue weighted by Gasteiger charge is -2.17. The number of benzene rings is 2. The van der Waals surface area contributed by atoms with Gasteiger partial charge in [0.1, 0.15) is 6.33 Å². The van der Waals surface area contributed by atoms with Crippen molar-refractivity contribution >= 4 is 11.6 Å². The molecule has 1 atom stereocenters. The van der Waals surface area contributed by atoms with Gasteiger partial charge < -0.3 is 10.1 Å². The number of carbonyl (C=O) groups is 1. The highest BCUT2D eigenvalue weighted by molar-refractivity contribution is 5.94. The third-order valence-corrected chi connectivity index (χ3v) is 3.52. The Morgan fingerprint density at radius 3 is 2.64 bits per heavy atom. The van der Waals surface area contributed by atoms with Gasteiger partial charge in [-0.2, -0.15) is 0 Å². The van der Waals surface area contributed by atoms with Gasteiger partial charge in [0.15, 0.2) is 17.7 Å².